The summed E-state index contributed by atoms with van der Waals surface area (Å²) < 4.78 is 39.1. The van der Waals surface area contributed by atoms with Gasteiger partial charge in [-0.3, -0.25) is 10.1 Å². The van der Waals surface area contributed by atoms with Crippen molar-refractivity contribution in [2.45, 2.75) is 32.4 Å². The fourth-order valence-electron chi connectivity index (χ4n) is 2.93. The van der Waals surface area contributed by atoms with Crippen LogP contribution in [0.4, 0.5) is 41.9 Å². The van der Waals surface area contributed by atoms with E-state index in [0.717, 1.165) is 49.4 Å². The molecule has 0 aliphatic rings. The Morgan fingerprint density at radius 1 is 1.06 bits per heavy atom. The summed E-state index contributed by atoms with van der Waals surface area (Å²) in [5, 5.41) is 17.1. The number of benzene rings is 2. The van der Waals surface area contributed by atoms with Gasteiger partial charge in [0, 0.05) is 5.69 Å². The first-order valence-electron chi connectivity index (χ1n) is 9.68. The van der Waals surface area contributed by atoms with Crippen LogP contribution in [-0.2, 0) is 12.6 Å². The topological polar surface area (TPSA) is 93.0 Å². The minimum Gasteiger partial charge on any atom is -0.334 e. The lowest BCUT2D eigenvalue weighted by molar-refractivity contribution is -0.383. The SMILES string of the molecule is CCCCc1ccc(Nc2ncnc(Nc3cc(C(F)(F)F)ccc3Cl)c2[N+](=O)[O-])cc1. The van der Waals surface area contributed by atoms with Crippen molar-refractivity contribution >= 4 is 40.3 Å². The molecule has 0 atom stereocenters. The Balaban J connectivity index is 1.91. The second kappa shape index (κ2) is 9.82. The second-order valence-electron chi connectivity index (χ2n) is 6.92. The van der Waals surface area contributed by atoms with E-state index < -0.39 is 22.4 Å². The number of halogens is 4. The first kappa shape index (κ1) is 23.3. The van der Waals surface area contributed by atoms with Crippen LogP contribution in [0.2, 0.25) is 5.02 Å². The Kier molecular flexibility index (Phi) is 7.14. The van der Waals surface area contributed by atoms with E-state index in [-0.39, 0.29) is 22.3 Å². The predicted molar refractivity (Wildman–Crippen MR) is 117 cm³/mol. The molecular weight excluding hydrogens is 447 g/mol. The van der Waals surface area contributed by atoms with E-state index in [9.17, 15) is 23.3 Å². The molecule has 32 heavy (non-hydrogen) atoms. The highest BCUT2D eigenvalue weighted by molar-refractivity contribution is 6.33. The van der Waals surface area contributed by atoms with Gasteiger partial charge in [0.1, 0.15) is 6.33 Å². The van der Waals surface area contributed by atoms with Crippen LogP contribution in [-0.4, -0.2) is 14.9 Å². The number of nitro groups is 1. The van der Waals surface area contributed by atoms with Gasteiger partial charge in [-0.15, -0.1) is 0 Å². The van der Waals surface area contributed by atoms with Crippen molar-refractivity contribution in [3.05, 3.63) is 75.1 Å². The number of aryl methyl sites for hydroxylation is 1. The van der Waals surface area contributed by atoms with Crippen molar-refractivity contribution in [1.29, 1.82) is 0 Å². The van der Waals surface area contributed by atoms with Crippen molar-refractivity contribution in [3.63, 3.8) is 0 Å². The molecule has 3 rings (SSSR count). The number of unbranched alkanes of at least 4 members (excludes halogenated alkanes) is 1. The number of rotatable bonds is 8. The minimum atomic E-state index is -4.60. The number of aromatic nitrogens is 2. The Bertz CT molecular complexity index is 1110. The summed E-state index contributed by atoms with van der Waals surface area (Å²) in [6.45, 7) is 2.10. The third-order valence-electron chi connectivity index (χ3n) is 4.59. The van der Waals surface area contributed by atoms with Gasteiger partial charge in [-0.05, 0) is 48.7 Å². The zero-order valence-electron chi connectivity index (χ0n) is 16.9. The summed E-state index contributed by atoms with van der Waals surface area (Å²) in [5.74, 6) is -0.412. The molecule has 0 radical (unpaired) electrons. The molecule has 7 nitrogen and oxygen atoms in total. The molecule has 1 heterocycles. The van der Waals surface area contributed by atoms with E-state index in [4.69, 9.17) is 11.6 Å². The number of nitrogens with one attached hydrogen (secondary N) is 2. The lowest BCUT2D eigenvalue weighted by Crippen LogP contribution is -2.08. The molecule has 0 bridgehead atoms. The molecule has 0 fully saturated rings. The highest BCUT2D eigenvalue weighted by atomic mass is 35.5. The summed E-state index contributed by atoms with van der Waals surface area (Å²) in [4.78, 5) is 18.8. The first-order chi connectivity index (χ1) is 15.2. The van der Waals surface area contributed by atoms with Crippen LogP contribution in [0.15, 0.2) is 48.8 Å². The van der Waals surface area contributed by atoms with E-state index >= 15 is 0 Å². The van der Waals surface area contributed by atoms with E-state index in [1.807, 2.05) is 12.1 Å². The third-order valence-corrected chi connectivity index (χ3v) is 4.92. The molecule has 0 saturated carbocycles. The molecular formula is C21H19ClF3N5O2. The Labute approximate surface area is 186 Å². The highest BCUT2D eigenvalue weighted by Crippen LogP contribution is 2.38. The third kappa shape index (κ3) is 5.64. The molecule has 0 aliphatic heterocycles. The van der Waals surface area contributed by atoms with Gasteiger partial charge in [-0.1, -0.05) is 37.1 Å². The Morgan fingerprint density at radius 3 is 2.31 bits per heavy atom. The maximum absolute atomic E-state index is 13.0. The summed E-state index contributed by atoms with van der Waals surface area (Å²) in [7, 11) is 0. The van der Waals surface area contributed by atoms with Gasteiger partial charge in [0.25, 0.3) is 0 Å². The van der Waals surface area contributed by atoms with Crippen LogP contribution in [0.3, 0.4) is 0 Å². The summed E-state index contributed by atoms with van der Waals surface area (Å²) in [6, 6.07) is 9.99. The van der Waals surface area contributed by atoms with Crippen molar-refractivity contribution in [1.82, 2.24) is 9.97 Å². The van der Waals surface area contributed by atoms with Gasteiger partial charge < -0.3 is 10.6 Å². The first-order valence-corrected chi connectivity index (χ1v) is 10.1. The van der Waals surface area contributed by atoms with E-state index in [1.54, 1.807) is 12.1 Å². The average molecular weight is 466 g/mol. The second-order valence-corrected chi connectivity index (χ2v) is 7.33. The van der Waals surface area contributed by atoms with E-state index in [2.05, 4.69) is 27.5 Å². The number of hydrogen-bond acceptors (Lipinski definition) is 6. The smallest absolute Gasteiger partial charge is 0.334 e. The van der Waals surface area contributed by atoms with Gasteiger partial charge in [0.2, 0.25) is 11.6 Å². The molecule has 11 heteroatoms. The fourth-order valence-corrected chi connectivity index (χ4v) is 3.10. The molecule has 0 spiro atoms. The standard InChI is InChI=1S/C21H19ClF3N5O2/c1-2-3-4-13-5-8-15(9-6-13)28-19-18(30(31)32)20(27-12-26-19)29-17-11-14(21(23,24)25)7-10-16(17)22/h5-12H,2-4H2,1H3,(H2,26,27,28,29). The van der Waals surface area contributed by atoms with Crippen molar-refractivity contribution in [3.8, 4) is 0 Å². The lowest BCUT2D eigenvalue weighted by atomic mass is 10.1. The lowest BCUT2D eigenvalue weighted by Gasteiger charge is -2.13. The van der Waals surface area contributed by atoms with Crippen LogP contribution in [0.25, 0.3) is 0 Å². The maximum atomic E-state index is 13.0. The van der Waals surface area contributed by atoms with Gasteiger partial charge >= 0.3 is 11.9 Å². The van der Waals surface area contributed by atoms with E-state index in [1.165, 1.54) is 0 Å². The monoisotopic (exact) mass is 465 g/mol. The molecule has 2 N–H and O–H groups in total. The maximum Gasteiger partial charge on any atom is 0.416 e. The summed E-state index contributed by atoms with van der Waals surface area (Å²) >= 11 is 5.99. The van der Waals surface area contributed by atoms with Gasteiger partial charge in [-0.25, -0.2) is 9.97 Å². The zero-order valence-corrected chi connectivity index (χ0v) is 17.7. The normalized spacial score (nSPS) is 11.3. The number of anilines is 4. The zero-order chi connectivity index (χ0) is 23.3. The molecule has 0 saturated heterocycles. The molecule has 2 aromatic carbocycles. The minimum absolute atomic E-state index is 0.0527. The fraction of sp³-hybridized carbons (Fsp3) is 0.238. The van der Waals surface area contributed by atoms with Gasteiger partial charge in [0.15, 0.2) is 0 Å². The van der Waals surface area contributed by atoms with Crippen molar-refractivity contribution in [2.24, 2.45) is 0 Å². The number of nitrogens with zero attached hydrogens (tertiary/aromatic N) is 3. The van der Waals surface area contributed by atoms with Crippen LogP contribution in [0, 0.1) is 10.1 Å². The van der Waals surface area contributed by atoms with E-state index in [0.29, 0.717) is 5.69 Å². The molecule has 0 amide bonds. The predicted octanol–water partition coefficient (Wildman–Crippen LogP) is 6.89. The molecule has 0 unspecified atom stereocenters. The molecule has 3 aromatic rings. The Hall–Kier alpha value is -3.40. The average Bonchev–Trinajstić information content (AvgIpc) is 2.74. The van der Waals surface area contributed by atoms with Crippen LogP contribution >= 0.6 is 11.6 Å². The molecule has 0 aliphatic carbocycles. The summed E-state index contributed by atoms with van der Waals surface area (Å²) in [6.07, 6.45) is -0.490. The van der Waals surface area contributed by atoms with Crippen LogP contribution in [0.5, 0.6) is 0 Å². The van der Waals surface area contributed by atoms with Crippen molar-refractivity contribution < 1.29 is 18.1 Å². The molecule has 1 aromatic heterocycles. The number of alkyl halides is 3. The number of hydrogen-bond donors (Lipinski definition) is 2. The van der Waals surface area contributed by atoms with Gasteiger partial charge in [0.05, 0.1) is 21.2 Å². The summed E-state index contributed by atoms with van der Waals surface area (Å²) in [5.41, 5.74) is 0.0411. The highest BCUT2D eigenvalue weighted by Gasteiger charge is 2.31. The van der Waals surface area contributed by atoms with Crippen LogP contribution < -0.4 is 10.6 Å². The largest absolute Gasteiger partial charge is 0.416 e. The molecule has 168 valence electrons. The Morgan fingerprint density at radius 2 is 1.72 bits per heavy atom. The quantitative estimate of drug-likeness (QED) is 0.278. The van der Waals surface area contributed by atoms with Gasteiger partial charge in [-0.2, -0.15) is 13.2 Å². The van der Waals surface area contributed by atoms with Crippen molar-refractivity contribution in [2.75, 3.05) is 10.6 Å². The van der Waals surface area contributed by atoms with Crippen LogP contribution in [0.1, 0.15) is 30.9 Å².